The summed E-state index contributed by atoms with van der Waals surface area (Å²) < 4.78 is 38.6. The summed E-state index contributed by atoms with van der Waals surface area (Å²) in [5, 5.41) is 0. The van der Waals surface area contributed by atoms with Crippen LogP contribution in [-0.2, 0) is 24.3 Å². The van der Waals surface area contributed by atoms with Crippen molar-refractivity contribution in [3.05, 3.63) is 29.8 Å². The van der Waals surface area contributed by atoms with Gasteiger partial charge in [-0.05, 0) is 60.6 Å². The SMILES string of the molecule is CC(=O)c1ccc(S(=O)(=O)NC(COC(C)(C)C)C(=O)OC(C)(C)C)cc1. The lowest BCUT2D eigenvalue weighted by molar-refractivity contribution is -0.159. The van der Waals surface area contributed by atoms with E-state index in [1.54, 1.807) is 41.5 Å². The summed E-state index contributed by atoms with van der Waals surface area (Å²) >= 11 is 0. The second-order valence-electron chi connectivity index (χ2n) is 8.21. The largest absolute Gasteiger partial charge is 0.459 e. The number of sulfonamides is 1. The van der Waals surface area contributed by atoms with E-state index in [-0.39, 0.29) is 17.3 Å². The monoisotopic (exact) mass is 399 g/mol. The van der Waals surface area contributed by atoms with Crippen molar-refractivity contribution < 1.29 is 27.5 Å². The number of ketones is 1. The third kappa shape index (κ3) is 8.19. The maximum absolute atomic E-state index is 12.7. The topological polar surface area (TPSA) is 98.8 Å². The Labute approximate surface area is 161 Å². The average molecular weight is 400 g/mol. The number of Topliss-reactive ketones (excluding diaryl/α,β-unsaturated/α-hetero) is 1. The maximum Gasteiger partial charge on any atom is 0.327 e. The molecule has 1 N–H and O–H groups in total. The zero-order valence-corrected chi connectivity index (χ0v) is 17.8. The molecule has 0 aliphatic rings. The minimum absolute atomic E-state index is 0.0585. The first-order chi connectivity index (χ1) is 12.1. The molecule has 27 heavy (non-hydrogen) atoms. The Bertz CT molecular complexity index is 770. The van der Waals surface area contributed by atoms with Crippen molar-refractivity contribution in [1.82, 2.24) is 4.72 Å². The van der Waals surface area contributed by atoms with E-state index in [0.29, 0.717) is 5.56 Å². The lowest BCUT2D eigenvalue weighted by Crippen LogP contribution is -2.48. The predicted molar refractivity (Wildman–Crippen MR) is 102 cm³/mol. The lowest BCUT2D eigenvalue weighted by Gasteiger charge is -2.27. The van der Waals surface area contributed by atoms with E-state index in [9.17, 15) is 18.0 Å². The summed E-state index contributed by atoms with van der Waals surface area (Å²) in [6, 6.07) is 4.27. The van der Waals surface area contributed by atoms with Gasteiger partial charge in [0, 0.05) is 5.56 Å². The van der Waals surface area contributed by atoms with Gasteiger partial charge in [-0.1, -0.05) is 12.1 Å². The minimum atomic E-state index is -4.01. The van der Waals surface area contributed by atoms with Gasteiger partial charge >= 0.3 is 5.97 Å². The van der Waals surface area contributed by atoms with Gasteiger partial charge in [-0.15, -0.1) is 0 Å². The fourth-order valence-electron chi connectivity index (χ4n) is 1.98. The smallest absolute Gasteiger partial charge is 0.327 e. The fraction of sp³-hybridized carbons (Fsp3) is 0.579. The molecule has 0 spiro atoms. The standard InChI is InChI=1S/C19H29NO6S/c1-13(21)14-8-10-15(11-9-14)27(23,24)20-16(12-25-18(2,3)4)17(22)26-19(5,6)7/h8-11,16,20H,12H2,1-7H3. The Hall–Kier alpha value is -1.77. The van der Waals surface area contributed by atoms with Gasteiger partial charge in [0.15, 0.2) is 5.78 Å². The molecule has 0 aromatic heterocycles. The molecule has 1 rings (SSSR count). The van der Waals surface area contributed by atoms with Crippen LogP contribution in [-0.4, -0.2) is 44.0 Å². The van der Waals surface area contributed by atoms with Crippen molar-refractivity contribution >= 4 is 21.8 Å². The third-order valence-electron chi connectivity index (χ3n) is 3.24. The van der Waals surface area contributed by atoms with Crippen molar-refractivity contribution in [2.75, 3.05) is 6.61 Å². The summed E-state index contributed by atoms with van der Waals surface area (Å²) in [5.41, 5.74) is -0.936. The number of hydrogen-bond acceptors (Lipinski definition) is 6. The second kappa shape index (κ2) is 8.50. The van der Waals surface area contributed by atoms with E-state index in [2.05, 4.69) is 4.72 Å². The van der Waals surface area contributed by atoms with Crippen LogP contribution in [0.3, 0.4) is 0 Å². The van der Waals surface area contributed by atoms with Crippen LogP contribution >= 0.6 is 0 Å². The Morgan fingerprint density at radius 2 is 1.52 bits per heavy atom. The van der Waals surface area contributed by atoms with Crippen LogP contribution in [0.2, 0.25) is 0 Å². The highest BCUT2D eigenvalue weighted by atomic mass is 32.2. The molecule has 8 heteroatoms. The van der Waals surface area contributed by atoms with Gasteiger partial charge in [0.05, 0.1) is 17.1 Å². The number of carbonyl (C=O) groups is 2. The zero-order valence-electron chi connectivity index (χ0n) is 17.0. The summed E-state index contributed by atoms with van der Waals surface area (Å²) in [5.74, 6) is -0.896. The van der Waals surface area contributed by atoms with Crippen LogP contribution in [0.4, 0.5) is 0 Å². The number of benzene rings is 1. The number of ether oxygens (including phenoxy) is 2. The predicted octanol–water partition coefficient (Wildman–Crippen LogP) is 2.69. The number of hydrogen-bond donors (Lipinski definition) is 1. The Kier molecular flexibility index (Phi) is 7.32. The molecule has 1 atom stereocenters. The van der Waals surface area contributed by atoms with Crippen molar-refractivity contribution in [2.24, 2.45) is 0 Å². The highest BCUT2D eigenvalue weighted by molar-refractivity contribution is 7.89. The summed E-state index contributed by atoms with van der Waals surface area (Å²) in [4.78, 5) is 23.7. The number of esters is 1. The molecule has 0 bridgehead atoms. The number of rotatable bonds is 7. The van der Waals surface area contributed by atoms with Crippen LogP contribution in [0.15, 0.2) is 29.2 Å². The van der Waals surface area contributed by atoms with Crippen LogP contribution in [0.25, 0.3) is 0 Å². The molecule has 1 aromatic rings. The van der Waals surface area contributed by atoms with Crippen LogP contribution in [0.1, 0.15) is 58.8 Å². The Balaban J connectivity index is 3.06. The van der Waals surface area contributed by atoms with Gasteiger partial charge in [-0.25, -0.2) is 8.42 Å². The molecule has 0 amide bonds. The molecule has 0 saturated heterocycles. The molecule has 0 radical (unpaired) electrons. The molecular formula is C19H29NO6S. The zero-order chi connectivity index (χ0) is 21.0. The lowest BCUT2D eigenvalue weighted by atomic mass is 10.2. The average Bonchev–Trinajstić information content (AvgIpc) is 2.48. The molecule has 1 aromatic carbocycles. The molecule has 0 aliphatic carbocycles. The van der Waals surface area contributed by atoms with Gasteiger partial charge < -0.3 is 9.47 Å². The molecular weight excluding hydrogens is 370 g/mol. The second-order valence-corrected chi connectivity index (χ2v) is 9.93. The summed E-state index contributed by atoms with van der Waals surface area (Å²) in [6.45, 7) is 11.7. The molecule has 7 nitrogen and oxygen atoms in total. The van der Waals surface area contributed by atoms with E-state index >= 15 is 0 Å². The molecule has 0 aliphatic heterocycles. The first-order valence-corrected chi connectivity index (χ1v) is 10.1. The quantitative estimate of drug-likeness (QED) is 0.559. The van der Waals surface area contributed by atoms with Crippen molar-refractivity contribution in [2.45, 2.75) is 70.6 Å². The van der Waals surface area contributed by atoms with Gasteiger partial charge in [-0.2, -0.15) is 4.72 Å². The molecule has 0 saturated carbocycles. The minimum Gasteiger partial charge on any atom is -0.459 e. The normalized spacial score (nSPS) is 13.9. The van der Waals surface area contributed by atoms with Gasteiger partial charge in [0.1, 0.15) is 11.6 Å². The highest BCUT2D eigenvalue weighted by Gasteiger charge is 2.31. The highest BCUT2D eigenvalue weighted by Crippen LogP contribution is 2.15. The van der Waals surface area contributed by atoms with Gasteiger partial charge in [0.2, 0.25) is 10.0 Å². The Morgan fingerprint density at radius 1 is 1.00 bits per heavy atom. The van der Waals surface area contributed by atoms with Crippen LogP contribution < -0.4 is 4.72 Å². The first-order valence-electron chi connectivity index (χ1n) is 8.61. The van der Waals surface area contributed by atoms with E-state index in [4.69, 9.17) is 9.47 Å². The van der Waals surface area contributed by atoms with Gasteiger partial charge in [0.25, 0.3) is 0 Å². The molecule has 0 heterocycles. The van der Waals surface area contributed by atoms with Crippen molar-refractivity contribution in [3.8, 4) is 0 Å². The third-order valence-corrected chi connectivity index (χ3v) is 4.73. The van der Waals surface area contributed by atoms with Crippen LogP contribution in [0.5, 0.6) is 0 Å². The summed E-state index contributed by atoms with van der Waals surface area (Å²) in [7, 11) is -4.01. The van der Waals surface area contributed by atoms with E-state index in [0.717, 1.165) is 0 Å². The van der Waals surface area contributed by atoms with Gasteiger partial charge in [-0.3, -0.25) is 9.59 Å². The number of nitrogens with one attached hydrogen (secondary N) is 1. The van der Waals surface area contributed by atoms with Crippen molar-refractivity contribution in [1.29, 1.82) is 0 Å². The van der Waals surface area contributed by atoms with Crippen molar-refractivity contribution in [3.63, 3.8) is 0 Å². The fourth-order valence-corrected chi connectivity index (χ4v) is 3.15. The Morgan fingerprint density at radius 3 is 1.93 bits per heavy atom. The van der Waals surface area contributed by atoms with E-state index < -0.39 is 33.2 Å². The summed E-state index contributed by atoms with van der Waals surface area (Å²) in [6.07, 6.45) is 0. The maximum atomic E-state index is 12.7. The van der Waals surface area contributed by atoms with E-state index in [1.165, 1.54) is 31.2 Å². The first kappa shape index (κ1) is 23.3. The number of carbonyl (C=O) groups excluding carboxylic acids is 2. The van der Waals surface area contributed by atoms with E-state index in [1.807, 2.05) is 0 Å². The van der Waals surface area contributed by atoms with Crippen LogP contribution in [0, 0.1) is 0 Å². The molecule has 1 unspecified atom stereocenters. The molecule has 0 fully saturated rings. The molecule has 152 valence electrons.